The van der Waals surface area contributed by atoms with E-state index in [9.17, 15) is 0 Å². The lowest BCUT2D eigenvalue weighted by atomic mass is 9.95. The van der Waals surface area contributed by atoms with Crippen LogP contribution in [0.5, 0.6) is 0 Å². The summed E-state index contributed by atoms with van der Waals surface area (Å²) in [5.74, 6) is 0. The molecule has 0 radical (unpaired) electrons. The summed E-state index contributed by atoms with van der Waals surface area (Å²) in [4.78, 5) is 9.76. The number of aromatic nitrogens is 2. The van der Waals surface area contributed by atoms with Crippen LogP contribution in [0.3, 0.4) is 0 Å². The van der Waals surface area contributed by atoms with Gasteiger partial charge in [0.15, 0.2) is 0 Å². The van der Waals surface area contributed by atoms with Crippen molar-refractivity contribution in [1.29, 1.82) is 0 Å². The van der Waals surface area contributed by atoms with Gasteiger partial charge in [0.05, 0.1) is 22.1 Å². The topological polar surface area (TPSA) is 25.8 Å². The van der Waals surface area contributed by atoms with E-state index in [1.165, 1.54) is 32.3 Å². The summed E-state index contributed by atoms with van der Waals surface area (Å²) in [6.45, 7) is 0. The molecule has 0 N–H and O–H groups in total. The van der Waals surface area contributed by atoms with Gasteiger partial charge < -0.3 is 0 Å². The van der Waals surface area contributed by atoms with Gasteiger partial charge in [0.1, 0.15) is 0 Å². The smallest absolute Gasteiger partial charge is 0.0723 e. The second-order valence-electron chi connectivity index (χ2n) is 6.27. The summed E-state index contributed by atoms with van der Waals surface area (Å²) in [5.41, 5.74) is 4.17. The van der Waals surface area contributed by atoms with Crippen LogP contribution in [0.15, 0.2) is 72.8 Å². The highest BCUT2D eigenvalue weighted by atomic mass is 14.7. The Morgan fingerprint density at radius 3 is 1.33 bits per heavy atom. The molecule has 2 heteroatoms. The fraction of sp³-hybridized carbons (Fsp3) is 0. The molecular formula is C22H12N2. The molecule has 0 aliphatic rings. The van der Waals surface area contributed by atoms with Crippen LogP contribution in [0.1, 0.15) is 0 Å². The third kappa shape index (κ3) is 1.41. The molecule has 0 spiro atoms. The van der Waals surface area contributed by atoms with E-state index in [0.717, 1.165) is 22.1 Å². The van der Waals surface area contributed by atoms with E-state index in [0.29, 0.717) is 0 Å². The Labute approximate surface area is 137 Å². The molecule has 110 valence electrons. The zero-order valence-corrected chi connectivity index (χ0v) is 12.8. The van der Waals surface area contributed by atoms with Crippen LogP contribution in [0.25, 0.3) is 54.4 Å². The molecule has 2 aromatic heterocycles. The maximum atomic E-state index is 4.88. The van der Waals surface area contributed by atoms with Crippen LogP contribution >= 0.6 is 0 Å². The van der Waals surface area contributed by atoms with E-state index in [4.69, 9.17) is 9.97 Å². The SMILES string of the molecule is c1ccc2c(c1)nc1ccc3c4ccccc4nc4ccc2c1c43. The second kappa shape index (κ2) is 4.18. The lowest BCUT2D eigenvalue weighted by Crippen LogP contribution is -1.91. The number of fused-ring (bicyclic) bond motifs is 4. The second-order valence-corrected chi connectivity index (χ2v) is 6.27. The number of rotatable bonds is 0. The molecule has 0 atom stereocenters. The van der Waals surface area contributed by atoms with Crippen LogP contribution in [-0.2, 0) is 0 Å². The highest BCUT2D eigenvalue weighted by Crippen LogP contribution is 2.38. The van der Waals surface area contributed by atoms with Gasteiger partial charge in [-0.1, -0.05) is 48.5 Å². The fourth-order valence-corrected chi connectivity index (χ4v) is 3.95. The molecule has 0 amide bonds. The Balaban J connectivity index is 2.00. The van der Waals surface area contributed by atoms with Gasteiger partial charge in [0.25, 0.3) is 0 Å². The maximum absolute atomic E-state index is 4.88. The van der Waals surface area contributed by atoms with E-state index < -0.39 is 0 Å². The van der Waals surface area contributed by atoms with E-state index in [2.05, 4.69) is 60.7 Å². The molecule has 0 saturated carbocycles. The normalized spacial score (nSPS) is 12.2. The van der Waals surface area contributed by atoms with Gasteiger partial charge in [0.2, 0.25) is 0 Å². The van der Waals surface area contributed by atoms with Gasteiger partial charge in [-0.25, -0.2) is 9.97 Å². The Hall–Kier alpha value is -3.26. The maximum Gasteiger partial charge on any atom is 0.0723 e. The van der Waals surface area contributed by atoms with Crippen molar-refractivity contribution in [3.05, 3.63) is 72.8 Å². The Bertz CT molecular complexity index is 1290. The van der Waals surface area contributed by atoms with E-state index in [-0.39, 0.29) is 0 Å². The molecule has 2 nitrogen and oxygen atoms in total. The van der Waals surface area contributed by atoms with E-state index >= 15 is 0 Å². The van der Waals surface area contributed by atoms with Crippen molar-refractivity contribution in [2.45, 2.75) is 0 Å². The molecule has 24 heavy (non-hydrogen) atoms. The van der Waals surface area contributed by atoms with Crippen molar-refractivity contribution in [3.63, 3.8) is 0 Å². The highest BCUT2D eigenvalue weighted by Gasteiger charge is 2.14. The quantitative estimate of drug-likeness (QED) is 0.266. The molecule has 0 aliphatic carbocycles. The molecule has 0 aliphatic heterocycles. The summed E-state index contributed by atoms with van der Waals surface area (Å²) < 4.78 is 0. The minimum absolute atomic E-state index is 1.04. The lowest BCUT2D eigenvalue weighted by molar-refractivity contribution is 1.49. The van der Waals surface area contributed by atoms with E-state index in [1.807, 2.05) is 12.1 Å². The minimum Gasteiger partial charge on any atom is -0.248 e. The first kappa shape index (κ1) is 12.2. The zero-order valence-electron chi connectivity index (χ0n) is 12.8. The van der Waals surface area contributed by atoms with Gasteiger partial charge >= 0.3 is 0 Å². The van der Waals surface area contributed by atoms with Crippen LogP contribution < -0.4 is 0 Å². The third-order valence-corrected chi connectivity index (χ3v) is 4.99. The molecule has 6 rings (SSSR count). The van der Waals surface area contributed by atoms with Crippen LogP contribution in [-0.4, -0.2) is 9.97 Å². The van der Waals surface area contributed by atoms with Gasteiger partial charge in [-0.2, -0.15) is 0 Å². The Morgan fingerprint density at radius 1 is 0.375 bits per heavy atom. The largest absolute Gasteiger partial charge is 0.248 e. The molecular weight excluding hydrogens is 292 g/mol. The Morgan fingerprint density at radius 2 is 0.833 bits per heavy atom. The summed E-state index contributed by atoms with van der Waals surface area (Å²) >= 11 is 0. The predicted octanol–water partition coefficient (Wildman–Crippen LogP) is 5.68. The molecule has 0 saturated heterocycles. The van der Waals surface area contributed by atoms with Crippen LogP contribution in [0.2, 0.25) is 0 Å². The number of para-hydroxylation sites is 2. The van der Waals surface area contributed by atoms with Crippen molar-refractivity contribution in [1.82, 2.24) is 9.97 Å². The van der Waals surface area contributed by atoms with Crippen molar-refractivity contribution in [2.24, 2.45) is 0 Å². The van der Waals surface area contributed by atoms with Gasteiger partial charge in [-0.3, -0.25) is 0 Å². The first-order valence-electron chi connectivity index (χ1n) is 8.12. The molecule has 6 aromatic rings. The first-order chi connectivity index (χ1) is 11.9. The summed E-state index contributed by atoms with van der Waals surface area (Å²) in [6.07, 6.45) is 0. The third-order valence-electron chi connectivity index (χ3n) is 4.99. The van der Waals surface area contributed by atoms with Gasteiger partial charge in [-0.05, 0) is 35.0 Å². The predicted molar refractivity (Wildman–Crippen MR) is 101 cm³/mol. The van der Waals surface area contributed by atoms with Crippen molar-refractivity contribution in [2.75, 3.05) is 0 Å². The monoisotopic (exact) mass is 304 g/mol. The number of hydrogen-bond donors (Lipinski definition) is 0. The summed E-state index contributed by atoms with van der Waals surface area (Å²) in [5, 5.41) is 7.36. The highest BCUT2D eigenvalue weighted by molar-refractivity contribution is 6.30. The number of pyridine rings is 2. The van der Waals surface area contributed by atoms with Crippen molar-refractivity contribution < 1.29 is 0 Å². The van der Waals surface area contributed by atoms with E-state index in [1.54, 1.807) is 0 Å². The summed E-state index contributed by atoms with van der Waals surface area (Å²) in [7, 11) is 0. The molecule has 2 heterocycles. The number of benzene rings is 4. The Kier molecular flexibility index (Phi) is 2.12. The molecule has 0 bridgehead atoms. The van der Waals surface area contributed by atoms with Gasteiger partial charge in [0, 0.05) is 21.5 Å². The zero-order chi connectivity index (χ0) is 15.7. The van der Waals surface area contributed by atoms with Gasteiger partial charge in [-0.15, -0.1) is 0 Å². The number of nitrogens with zero attached hydrogens (tertiary/aromatic N) is 2. The lowest BCUT2D eigenvalue weighted by Gasteiger charge is -2.13. The number of hydrogen-bond acceptors (Lipinski definition) is 2. The standard InChI is InChI=1S/C22H12N2/c1-3-7-17-13(5-1)15-9-11-20-22-16(10-12-19(23-17)21(15)22)14-6-2-4-8-18(14)24-20/h1-12H. The van der Waals surface area contributed by atoms with Crippen molar-refractivity contribution in [3.8, 4) is 0 Å². The molecule has 4 aromatic carbocycles. The fourth-order valence-electron chi connectivity index (χ4n) is 3.95. The minimum atomic E-state index is 1.04. The van der Waals surface area contributed by atoms with Crippen LogP contribution in [0, 0.1) is 0 Å². The van der Waals surface area contributed by atoms with Crippen molar-refractivity contribution >= 4 is 54.4 Å². The summed E-state index contributed by atoms with van der Waals surface area (Å²) in [6, 6.07) is 25.4. The first-order valence-corrected chi connectivity index (χ1v) is 8.12. The molecule has 0 fully saturated rings. The molecule has 0 unspecified atom stereocenters. The van der Waals surface area contributed by atoms with Crippen LogP contribution in [0.4, 0.5) is 0 Å². The average Bonchev–Trinajstić information content (AvgIpc) is 2.65. The average molecular weight is 304 g/mol.